The normalized spacial score (nSPS) is 16.2. The summed E-state index contributed by atoms with van der Waals surface area (Å²) in [4.78, 5) is 2.11. The van der Waals surface area contributed by atoms with Crippen LogP contribution in [0.1, 0.15) is 11.1 Å². The van der Waals surface area contributed by atoms with Crippen molar-refractivity contribution in [1.82, 2.24) is 9.62 Å². The summed E-state index contributed by atoms with van der Waals surface area (Å²) >= 11 is 0. The topological polar surface area (TPSA) is 119 Å². The van der Waals surface area contributed by atoms with Gasteiger partial charge < -0.3 is 4.74 Å². The van der Waals surface area contributed by atoms with E-state index >= 15 is 0 Å². The van der Waals surface area contributed by atoms with E-state index in [9.17, 15) is 16.8 Å². The van der Waals surface area contributed by atoms with E-state index in [4.69, 9.17) is 9.88 Å². The standard InChI is InChI=1S/C18H23N3O5S2/c19-27(22,23)17-5-7-18(8-6-17)28(24,25)20-13-15-3-1-2-4-16(15)14-21-9-11-26-12-10-21/h1-8,20H,9-14H2,(H2,19,22,23). The molecule has 0 aliphatic carbocycles. The lowest BCUT2D eigenvalue weighted by atomic mass is 10.1. The van der Waals surface area contributed by atoms with Crippen molar-refractivity contribution in [3.8, 4) is 0 Å². The third kappa shape index (κ3) is 5.37. The molecule has 8 nitrogen and oxygen atoms in total. The zero-order valence-electron chi connectivity index (χ0n) is 15.2. The quantitative estimate of drug-likeness (QED) is 0.672. The first kappa shape index (κ1) is 20.9. The van der Waals surface area contributed by atoms with Crippen molar-refractivity contribution in [2.75, 3.05) is 26.3 Å². The van der Waals surface area contributed by atoms with Crippen LogP contribution in [0.2, 0.25) is 0 Å². The molecule has 0 amide bonds. The van der Waals surface area contributed by atoms with Crippen molar-refractivity contribution in [2.45, 2.75) is 22.9 Å². The van der Waals surface area contributed by atoms with Gasteiger partial charge in [0.05, 0.1) is 23.0 Å². The summed E-state index contributed by atoms with van der Waals surface area (Å²) in [6.07, 6.45) is 0. The number of sulfonamides is 2. The third-order valence-electron chi connectivity index (χ3n) is 4.53. The number of rotatable bonds is 7. The summed E-state index contributed by atoms with van der Waals surface area (Å²) in [6.45, 7) is 3.95. The number of hydrogen-bond acceptors (Lipinski definition) is 6. The summed E-state index contributed by atoms with van der Waals surface area (Å²) in [5.74, 6) is 0. The smallest absolute Gasteiger partial charge is 0.240 e. The van der Waals surface area contributed by atoms with Crippen LogP contribution in [0.5, 0.6) is 0 Å². The third-order valence-corrected chi connectivity index (χ3v) is 6.88. The number of morpholine rings is 1. The predicted molar refractivity (Wildman–Crippen MR) is 104 cm³/mol. The number of nitrogens with one attached hydrogen (secondary N) is 1. The van der Waals surface area contributed by atoms with E-state index in [1.165, 1.54) is 24.3 Å². The van der Waals surface area contributed by atoms with Gasteiger partial charge in [0.15, 0.2) is 0 Å². The molecule has 0 aromatic heterocycles. The van der Waals surface area contributed by atoms with E-state index in [1.54, 1.807) is 0 Å². The summed E-state index contributed by atoms with van der Waals surface area (Å²) in [5.41, 5.74) is 1.94. The van der Waals surface area contributed by atoms with Crippen LogP contribution in [0.15, 0.2) is 58.3 Å². The van der Waals surface area contributed by atoms with Gasteiger partial charge in [0.2, 0.25) is 20.0 Å². The average molecular weight is 426 g/mol. The number of hydrogen-bond donors (Lipinski definition) is 2. The minimum atomic E-state index is -3.87. The van der Waals surface area contributed by atoms with Gasteiger partial charge in [0, 0.05) is 26.2 Å². The molecule has 2 aromatic carbocycles. The van der Waals surface area contributed by atoms with E-state index in [1.807, 2.05) is 24.3 Å². The Kier molecular flexibility index (Phi) is 6.48. The van der Waals surface area contributed by atoms with Gasteiger partial charge in [-0.1, -0.05) is 24.3 Å². The monoisotopic (exact) mass is 425 g/mol. The molecule has 0 unspecified atom stereocenters. The molecule has 3 N–H and O–H groups in total. The van der Waals surface area contributed by atoms with Crippen molar-refractivity contribution in [1.29, 1.82) is 0 Å². The van der Waals surface area contributed by atoms with Gasteiger partial charge in [-0.25, -0.2) is 26.7 Å². The van der Waals surface area contributed by atoms with Crippen molar-refractivity contribution in [2.24, 2.45) is 5.14 Å². The molecule has 0 atom stereocenters. The van der Waals surface area contributed by atoms with Gasteiger partial charge in [0.25, 0.3) is 0 Å². The molecule has 1 saturated heterocycles. The molecule has 0 saturated carbocycles. The van der Waals surface area contributed by atoms with Gasteiger partial charge in [-0.15, -0.1) is 0 Å². The zero-order chi connectivity index (χ0) is 20.2. The van der Waals surface area contributed by atoms with Crippen LogP contribution in [-0.4, -0.2) is 48.0 Å². The minimum Gasteiger partial charge on any atom is -0.379 e. The SMILES string of the molecule is NS(=O)(=O)c1ccc(S(=O)(=O)NCc2ccccc2CN2CCOCC2)cc1. The van der Waals surface area contributed by atoms with Gasteiger partial charge in [-0.2, -0.15) is 0 Å². The molecule has 0 spiro atoms. The lowest BCUT2D eigenvalue weighted by Gasteiger charge is -2.27. The van der Waals surface area contributed by atoms with Crippen LogP contribution in [-0.2, 0) is 37.9 Å². The average Bonchev–Trinajstić information content (AvgIpc) is 2.68. The molecule has 1 heterocycles. The summed E-state index contributed by atoms with van der Waals surface area (Å²) in [6, 6.07) is 12.5. The molecular formula is C18H23N3O5S2. The summed E-state index contributed by atoms with van der Waals surface area (Å²) in [5, 5.41) is 5.04. The first-order valence-electron chi connectivity index (χ1n) is 8.75. The summed E-state index contributed by atoms with van der Waals surface area (Å²) in [7, 11) is -7.66. The van der Waals surface area contributed by atoms with E-state index in [0.29, 0.717) is 13.2 Å². The van der Waals surface area contributed by atoms with Gasteiger partial charge in [-0.05, 0) is 35.4 Å². The van der Waals surface area contributed by atoms with Gasteiger partial charge in [-0.3, -0.25) is 4.90 Å². The number of ether oxygens (including phenoxy) is 1. The predicted octanol–water partition coefficient (Wildman–Crippen LogP) is 0.645. The fourth-order valence-electron chi connectivity index (χ4n) is 2.95. The Hall–Kier alpha value is -1.82. The number of benzene rings is 2. The lowest BCUT2D eigenvalue weighted by molar-refractivity contribution is 0.0341. The van der Waals surface area contributed by atoms with E-state index in [-0.39, 0.29) is 16.3 Å². The Bertz CT molecular complexity index is 1020. The Morgan fingerprint density at radius 1 is 0.893 bits per heavy atom. The number of primary sulfonamides is 1. The van der Waals surface area contributed by atoms with Crippen LogP contribution in [0.3, 0.4) is 0 Å². The first-order valence-corrected chi connectivity index (χ1v) is 11.8. The molecule has 1 fully saturated rings. The van der Waals surface area contributed by atoms with E-state index in [2.05, 4.69) is 9.62 Å². The highest BCUT2D eigenvalue weighted by Crippen LogP contribution is 2.16. The van der Waals surface area contributed by atoms with Crippen LogP contribution in [0.25, 0.3) is 0 Å². The Morgan fingerprint density at radius 2 is 1.46 bits per heavy atom. The van der Waals surface area contributed by atoms with Crippen LogP contribution in [0, 0.1) is 0 Å². The fraction of sp³-hybridized carbons (Fsp3) is 0.333. The lowest BCUT2D eigenvalue weighted by Crippen LogP contribution is -2.36. The maximum atomic E-state index is 12.5. The Morgan fingerprint density at radius 3 is 2.07 bits per heavy atom. The van der Waals surface area contributed by atoms with E-state index < -0.39 is 20.0 Å². The maximum Gasteiger partial charge on any atom is 0.240 e. The molecule has 1 aliphatic rings. The number of nitrogens with two attached hydrogens (primary N) is 1. The molecule has 3 rings (SSSR count). The molecule has 28 heavy (non-hydrogen) atoms. The molecule has 2 aromatic rings. The van der Waals surface area contributed by atoms with E-state index in [0.717, 1.165) is 30.8 Å². The molecule has 0 radical (unpaired) electrons. The highest BCUT2D eigenvalue weighted by molar-refractivity contribution is 7.89. The molecule has 10 heteroatoms. The van der Waals surface area contributed by atoms with Crippen molar-refractivity contribution in [3.05, 3.63) is 59.7 Å². The van der Waals surface area contributed by atoms with Gasteiger partial charge >= 0.3 is 0 Å². The van der Waals surface area contributed by atoms with Gasteiger partial charge in [0.1, 0.15) is 0 Å². The summed E-state index contributed by atoms with van der Waals surface area (Å²) < 4.78 is 55.6. The van der Waals surface area contributed by atoms with Crippen molar-refractivity contribution in [3.63, 3.8) is 0 Å². The molecule has 1 aliphatic heterocycles. The highest BCUT2D eigenvalue weighted by Gasteiger charge is 2.17. The molecule has 152 valence electrons. The minimum absolute atomic E-state index is 0.0226. The fourth-order valence-corrected chi connectivity index (χ4v) is 4.47. The van der Waals surface area contributed by atoms with Crippen LogP contribution < -0.4 is 9.86 Å². The van der Waals surface area contributed by atoms with Crippen LogP contribution in [0.4, 0.5) is 0 Å². The van der Waals surface area contributed by atoms with Crippen molar-refractivity contribution >= 4 is 20.0 Å². The highest BCUT2D eigenvalue weighted by atomic mass is 32.2. The number of nitrogens with zero attached hydrogens (tertiary/aromatic N) is 1. The largest absolute Gasteiger partial charge is 0.379 e. The second-order valence-corrected chi connectivity index (χ2v) is 9.83. The first-order chi connectivity index (χ1) is 13.3. The Labute approximate surface area is 165 Å². The Balaban J connectivity index is 1.71. The molecule has 0 bridgehead atoms. The molecular weight excluding hydrogens is 402 g/mol. The van der Waals surface area contributed by atoms with Crippen molar-refractivity contribution < 1.29 is 21.6 Å². The maximum absolute atomic E-state index is 12.5. The second kappa shape index (κ2) is 8.68. The zero-order valence-corrected chi connectivity index (χ0v) is 16.9. The van der Waals surface area contributed by atoms with Crippen LogP contribution >= 0.6 is 0 Å². The second-order valence-electron chi connectivity index (χ2n) is 6.50.